The molecule has 2 heterocycles. The Balaban J connectivity index is 0.00000225. The standard InChI is InChI=1S/C19H25N3OS.ClH/c1-14(16-8-5-9-20-11-16)10-18(23)21-12-17-13-24-19(22-17)15-6-3-2-4-7-15;/h2-4,6-7,13-14,16,20H,5,8-12H2,1H3,(H,21,23);1H. The van der Waals surface area contributed by atoms with Crippen LogP contribution >= 0.6 is 23.7 Å². The first-order valence-corrected chi connectivity index (χ1v) is 9.57. The van der Waals surface area contributed by atoms with Crippen LogP contribution in [0.2, 0.25) is 0 Å². The Morgan fingerprint density at radius 1 is 1.40 bits per heavy atom. The second kappa shape index (κ2) is 9.90. The molecule has 6 heteroatoms. The number of rotatable bonds is 6. The van der Waals surface area contributed by atoms with Gasteiger partial charge >= 0.3 is 0 Å². The van der Waals surface area contributed by atoms with Crippen molar-refractivity contribution >= 4 is 29.7 Å². The zero-order valence-electron chi connectivity index (χ0n) is 14.5. The number of thiazole rings is 1. The summed E-state index contributed by atoms with van der Waals surface area (Å²) < 4.78 is 0. The molecule has 1 aromatic carbocycles. The lowest BCUT2D eigenvalue weighted by molar-refractivity contribution is -0.122. The molecule has 0 bridgehead atoms. The third-order valence-electron chi connectivity index (χ3n) is 4.69. The van der Waals surface area contributed by atoms with E-state index in [0.29, 0.717) is 24.8 Å². The van der Waals surface area contributed by atoms with Crippen LogP contribution in [0, 0.1) is 11.8 Å². The molecule has 25 heavy (non-hydrogen) atoms. The molecular formula is C19H26ClN3OS. The molecule has 1 aromatic heterocycles. The van der Waals surface area contributed by atoms with E-state index in [4.69, 9.17) is 0 Å². The number of carbonyl (C=O) groups excluding carboxylic acids is 1. The molecule has 0 aliphatic carbocycles. The van der Waals surface area contributed by atoms with Gasteiger partial charge in [0.15, 0.2) is 0 Å². The maximum Gasteiger partial charge on any atom is 0.220 e. The Morgan fingerprint density at radius 3 is 2.92 bits per heavy atom. The molecule has 2 unspecified atom stereocenters. The van der Waals surface area contributed by atoms with Crippen molar-refractivity contribution in [2.24, 2.45) is 11.8 Å². The number of hydrogen-bond donors (Lipinski definition) is 2. The van der Waals surface area contributed by atoms with E-state index in [1.807, 2.05) is 23.6 Å². The molecule has 2 aromatic rings. The predicted molar refractivity (Wildman–Crippen MR) is 106 cm³/mol. The van der Waals surface area contributed by atoms with Gasteiger partial charge in [0.2, 0.25) is 5.91 Å². The van der Waals surface area contributed by atoms with E-state index in [1.54, 1.807) is 11.3 Å². The fourth-order valence-corrected chi connectivity index (χ4v) is 4.01. The zero-order chi connectivity index (χ0) is 16.8. The van der Waals surface area contributed by atoms with Gasteiger partial charge in [-0.3, -0.25) is 4.79 Å². The number of carbonyl (C=O) groups is 1. The molecule has 4 nitrogen and oxygen atoms in total. The van der Waals surface area contributed by atoms with Gasteiger partial charge in [0.1, 0.15) is 5.01 Å². The molecule has 3 rings (SSSR count). The van der Waals surface area contributed by atoms with Gasteiger partial charge in [-0.05, 0) is 37.8 Å². The Kier molecular flexibility index (Phi) is 7.88. The second-order valence-corrected chi connectivity index (χ2v) is 7.43. The highest BCUT2D eigenvalue weighted by atomic mass is 35.5. The summed E-state index contributed by atoms with van der Waals surface area (Å²) >= 11 is 1.62. The minimum atomic E-state index is 0. The Morgan fingerprint density at radius 2 is 2.20 bits per heavy atom. The maximum absolute atomic E-state index is 12.2. The van der Waals surface area contributed by atoms with Crippen LogP contribution in [0.4, 0.5) is 0 Å². The van der Waals surface area contributed by atoms with E-state index in [2.05, 4.69) is 34.7 Å². The van der Waals surface area contributed by atoms with Gasteiger partial charge in [0.25, 0.3) is 0 Å². The number of halogens is 1. The average molecular weight is 380 g/mol. The lowest BCUT2D eigenvalue weighted by Gasteiger charge is -2.27. The molecule has 0 saturated carbocycles. The van der Waals surface area contributed by atoms with Crippen molar-refractivity contribution in [3.8, 4) is 10.6 Å². The largest absolute Gasteiger partial charge is 0.350 e. The fourth-order valence-electron chi connectivity index (χ4n) is 3.19. The lowest BCUT2D eigenvalue weighted by Crippen LogP contribution is -2.35. The van der Waals surface area contributed by atoms with E-state index < -0.39 is 0 Å². The van der Waals surface area contributed by atoms with Gasteiger partial charge in [-0.2, -0.15) is 0 Å². The summed E-state index contributed by atoms with van der Waals surface area (Å²) in [5.74, 6) is 1.17. The third-order valence-corrected chi connectivity index (χ3v) is 5.63. The predicted octanol–water partition coefficient (Wildman–Crippen LogP) is 3.87. The number of hydrogen-bond acceptors (Lipinski definition) is 4. The van der Waals surface area contributed by atoms with Crippen LogP contribution in [-0.4, -0.2) is 24.0 Å². The number of piperidine rings is 1. The van der Waals surface area contributed by atoms with Crippen LogP contribution in [0.25, 0.3) is 10.6 Å². The van der Waals surface area contributed by atoms with Gasteiger partial charge in [0, 0.05) is 17.4 Å². The minimum absolute atomic E-state index is 0. The van der Waals surface area contributed by atoms with E-state index in [9.17, 15) is 4.79 Å². The summed E-state index contributed by atoms with van der Waals surface area (Å²) in [7, 11) is 0. The Hall–Kier alpha value is -1.43. The summed E-state index contributed by atoms with van der Waals surface area (Å²) in [6, 6.07) is 10.1. The first kappa shape index (κ1) is 19.9. The van der Waals surface area contributed by atoms with Gasteiger partial charge < -0.3 is 10.6 Å². The van der Waals surface area contributed by atoms with Crippen molar-refractivity contribution in [2.45, 2.75) is 32.7 Å². The summed E-state index contributed by atoms with van der Waals surface area (Å²) in [5.41, 5.74) is 2.05. The van der Waals surface area contributed by atoms with Crippen molar-refractivity contribution in [3.63, 3.8) is 0 Å². The van der Waals surface area contributed by atoms with Crippen molar-refractivity contribution in [1.82, 2.24) is 15.6 Å². The fraction of sp³-hybridized carbons (Fsp3) is 0.474. The van der Waals surface area contributed by atoms with E-state index in [-0.39, 0.29) is 18.3 Å². The van der Waals surface area contributed by atoms with Crippen LogP contribution in [0.15, 0.2) is 35.7 Å². The molecular weight excluding hydrogens is 354 g/mol. The SMILES string of the molecule is CC(CC(=O)NCc1csc(-c2ccccc2)n1)C1CCCNC1.Cl. The first-order chi connectivity index (χ1) is 11.7. The van der Waals surface area contributed by atoms with Gasteiger partial charge in [-0.15, -0.1) is 23.7 Å². The van der Waals surface area contributed by atoms with Gasteiger partial charge in [-0.1, -0.05) is 37.3 Å². The molecule has 1 amide bonds. The van der Waals surface area contributed by atoms with E-state index >= 15 is 0 Å². The van der Waals surface area contributed by atoms with Crippen LogP contribution in [0.1, 0.15) is 31.9 Å². The zero-order valence-corrected chi connectivity index (χ0v) is 16.2. The summed E-state index contributed by atoms with van der Waals surface area (Å²) in [6.45, 7) is 4.86. The minimum Gasteiger partial charge on any atom is -0.350 e. The highest BCUT2D eigenvalue weighted by Gasteiger charge is 2.21. The highest BCUT2D eigenvalue weighted by molar-refractivity contribution is 7.13. The molecule has 2 atom stereocenters. The molecule has 2 N–H and O–H groups in total. The number of nitrogens with one attached hydrogen (secondary N) is 2. The molecule has 0 radical (unpaired) electrons. The maximum atomic E-state index is 12.2. The van der Waals surface area contributed by atoms with Crippen molar-refractivity contribution in [1.29, 1.82) is 0 Å². The molecule has 1 aliphatic rings. The number of nitrogens with zero attached hydrogens (tertiary/aromatic N) is 1. The van der Waals surface area contributed by atoms with Crippen molar-refractivity contribution in [2.75, 3.05) is 13.1 Å². The quantitative estimate of drug-likeness (QED) is 0.800. The van der Waals surface area contributed by atoms with Crippen LogP contribution in [0.5, 0.6) is 0 Å². The normalized spacial score (nSPS) is 18.2. The monoisotopic (exact) mass is 379 g/mol. The summed E-state index contributed by atoms with van der Waals surface area (Å²) in [4.78, 5) is 16.8. The molecule has 0 spiro atoms. The third kappa shape index (κ3) is 5.80. The number of benzene rings is 1. The molecule has 1 saturated heterocycles. The summed E-state index contributed by atoms with van der Waals surface area (Å²) in [6.07, 6.45) is 3.05. The molecule has 1 fully saturated rings. The van der Waals surface area contributed by atoms with Gasteiger partial charge in [-0.25, -0.2) is 4.98 Å². The summed E-state index contributed by atoms with van der Waals surface area (Å²) in [5, 5.41) is 9.47. The first-order valence-electron chi connectivity index (χ1n) is 8.69. The van der Waals surface area contributed by atoms with Gasteiger partial charge in [0.05, 0.1) is 12.2 Å². The van der Waals surface area contributed by atoms with Crippen molar-refractivity contribution < 1.29 is 4.79 Å². The number of amides is 1. The Labute approximate surface area is 159 Å². The molecule has 136 valence electrons. The van der Waals surface area contributed by atoms with Crippen LogP contribution in [0.3, 0.4) is 0 Å². The highest BCUT2D eigenvalue weighted by Crippen LogP contribution is 2.24. The Bertz CT molecular complexity index is 656. The topological polar surface area (TPSA) is 54.0 Å². The van der Waals surface area contributed by atoms with E-state index in [1.165, 1.54) is 12.8 Å². The lowest BCUT2D eigenvalue weighted by atomic mass is 9.85. The average Bonchev–Trinajstić information content (AvgIpc) is 3.10. The van der Waals surface area contributed by atoms with E-state index in [0.717, 1.165) is 29.4 Å². The number of aromatic nitrogens is 1. The second-order valence-electron chi connectivity index (χ2n) is 6.57. The van der Waals surface area contributed by atoms with Crippen molar-refractivity contribution in [3.05, 3.63) is 41.4 Å². The molecule has 1 aliphatic heterocycles. The van der Waals surface area contributed by atoms with Crippen LogP contribution in [-0.2, 0) is 11.3 Å². The smallest absolute Gasteiger partial charge is 0.220 e. The van der Waals surface area contributed by atoms with Crippen LogP contribution < -0.4 is 10.6 Å².